The Morgan fingerprint density at radius 2 is 1.88 bits per heavy atom. The minimum Gasteiger partial charge on any atom is -0.425 e. The van der Waals surface area contributed by atoms with Crippen LogP contribution >= 0.6 is 0 Å². The van der Waals surface area contributed by atoms with Gasteiger partial charge in [-0.2, -0.15) is 0 Å². The molecule has 4 heteroatoms. The van der Waals surface area contributed by atoms with E-state index in [9.17, 15) is 0 Å². The summed E-state index contributed by atoms with van der Waals surface area (Å²) in [6, 6.07) is 0. The summed E-state index contributed by atoms with van der Waals surface area (Å²) in [6.07, 6.45) is 5.25. The van der Waals surface area contributed by atoms with E-state index in [-0.39, 0.29) is 0 Å². The molecule has 0 saturated heterocycles. The number of nitrogens with one attached hydrogen (secondary N) is 1. The highest BCUT2D eigenvalue weighted by Gasteiger charge is 2.14. The van der Waals surface area contributed by atoms with Gasteiger partial charge in [-0.05, 0) is 38.8 Å². The minimum atomic E-state index is 0.425. The second-order valence-electron chi connectivity index (χ2n) is 4.40. The van der Waals surface area contributed by atoms with Crippen LogP contribution in [-0.4, -0.2) is 23.3 Å². The van der Waals surface area contributed by atoms with Crippen molar-refractivity contribution >= 4 is 0 Å². The van der Waals surface area contributed by atoms with Crippen LogP contribution in [0.3, 0.4) is 0 Å². The summed E-state index contributed by atoms with van der Waals surface area (Å²) in [5.41, 5.74) is 0. The van der Waals surface area contributed by atoms with Gasteiger partial charge in [-0.15, -0.1) is 10.2 Å². The monoisotopic (exact) mass is 239 g/mol. The lowest BCUT2D eigenvalue weighted by molar-refractivity contribution is 0.400. The van der Waals surface area contributed by atoms with Crippen LogP contribution in [0, 0.1) is 0 Å². The summed E-state index contributed by atoms with van der Waals surface area (Å²) in [5.74, 6) is 2.02. The van der Waals surface area contributed by atoms with Crippen LogP contribution in [0.5, 0.6) is 0 Å². The predicted octanol–water partition coefficient (Wildman–Crippen LogP) is 2.91. The van der Waals surface area contributed by atoms with Gasteiger partial charge in [-0.3, -0.25) is 0 Å². The lowest BCUT2D eigenvalue weighted by Gasteiger charge is -2.05. The molecule has 0 aromatic carbocycles. The maximum atomic E-state index is 5.68. The molecule has 1 rings (SSSR count). The van der Waals surface area contributed by atoms with E-state index in [1.807, 2.05) is 0 Å². The second-order valence-corrected chi connectivity index (χ2v) is 4.40. The zero-order valence-corrected chi connectivity index (χ0v) is 11.3. The zero-order chi connectivity index (χ0) is 12.5. The largest absolute Gasteiger partial charge is 0.425 e. The van der Waals surface area contributed by atoms with Gasteiger partial charge in [-0.25, -0.2) is 0 Å². The standard InChI is InChI=1S/C13H25N3O/c1-4-9-14-10-7-8-12-15-16-13(17-12)11(5-2)6-3/h11,14H,4-10H2,1-3H3. The maximum absolute atomic E-state index is 5.68. The van der Waals surface area contributed by atoms with Crippen molar-refractivity contribution in [1.29, 1.82) is 0 Å². The van der Waals surface area contributed by atoms with E-state index in [2.05, 4.69) is 36.3 Å². The highest BCUT2D eigenvalue weighted by atomic mass is 16.4. The number of rotatable bonds is 9. The second kappa shape index (κ2) is 8.23. The molecular weight excluding hydrogens is 214 g/mol. The molecule has 0 bridgehead atoms. The Bertz CT molecular complexity index is 295. The molecule has 0 amide bonds. The number of aryl methyl sites for hydroxylation is 1. The van der Waals surface area contributed by atoms with Crippen molar-refractivity contribution in [2.45, 2.75) is 58.8 Å². The van der Waals surface area contributed by atoms with Crippen LogP contribution in [0.4, 0.5) is 0 Å². The van der Waals surface area contributed by atoms with Gasteiger partial charge in [0, 0.05) is 12.3 Å². The van der Waals surface area contributed by atoms with Crippen LogP contribution in [0.2, 0.25) is 0 Å². The normalized spacial score (nSPS) is 11.3. The Morgan fingerprint density at radius 1 is 1.12 bits per heavy atom. The predicted molar refractivity (Wildman–Crippen MR) is 69.1 cm³/mol. The van der Waals surface area contributed by atoms with Crippen LogP contribution in [0.25, 0.3) is 0 Å². The molecule has 0 fully saturated rings. The fraction of sp³-hybridized carbons (Fsp3) is 0.846. The SMILES string of the molecule is CCCNCCCc1nnc(C(CC)CC)o1. The van der Waals surface area contributed by atoms with Gasteiger partial charge in [0.15, 0.2) is 0 Å². The third-order valence-electron chi connectivity index (χ3n) is 2.99. The summed E-state index contributed by atoms with van der Waals surface area (Å²) in [7, 11) is 0. The van der Waals surface area contributed by atoms with Gasteiger partial charge in [0.2, 0.25) is 11.8 Å². The number of nitrogens with zero attached hydrogens (tertiary/aromatic N) is 2. The van der Waals surface area contributed by atoms with Crippen molar-refractivity contribution in [3.63, 3.8) is 0 Å². The molecule has 17 heavy (non-hydrogen) atoms. The number of hydrogen-bond acceptors (Lipinski definition) is 4. The quantitative estimate of drug-likeness (QED) is 0.673. The molecule has 0 aliphatic rings. The van der Waals surface area contributed by atoms with Crippen LogP contribution in [0.1, 0.15) is 64.2 Å². The number of hydrogen-bond donors (Lipinski definition) is 1. The highest BCUT2D eigenvalue weighted by Crippen LogP contribution is 2.21. The highest BCUT2D eigenvalue weighted by molar-refractivity contribution is 4.90. The molecule has 1 aromatic heterocycles. The lowest BCUT2D eigenvalue weighted by atomic mass is 10.0. The van der Waals surface area contributed by atoms with E-state index in [1.165, 1.54) is 6.42 Å². The van der Waals surface area contributed by atoms with Crippen LogP contribution < -0.4 is 5.32 Å². The fourth-order valence-electron chi connectivity index (χ4n) is 1.84. The van der Waals surface area contributed by atoms with Crippen molar-refractivity contribution in [2.75, 3.05) is 13.1 Å². The Kier molecular flexibility index (Phi) is 6.86. The molecule has 0 aliphatic carbocycles. The fourth-order valence-corrected chi connectivity index (χ4v) is 1.84. The summed E-state index contributed by atoms with van der Waals surface area (Å²) in [4.78, 5) is 0. The summed E-state index contributed by atoms with van der Waals surface area (Å²) in [5, 5.41) is 11.6. The molecule has 0 saturated carbocycles. The third kappa shape index (κ3) is 4.86. The molecular formula is C13H25N3O. The molecule has 4 nitrogen and oxygen atoms in total. The summed E-state index contributed by atoms with van der Waals surface area (Å²) < 4.78 is 5.68. The molecule has 0 unspecified atom stereocenters. The van der Waals surface area contributed by atoms with E-state index < -0.39 is 0 Å². The van der Waals surface area contributed by atoms with E-state index in [4.69, 9.17) is 4.42 Å². The Morgan fingerprint density at radius 3 is 2.53 bits per heavy atom. The van der Waals surface area contributed by atoms with Crippen LogP contribution in [0.15, 0.2) is 4.42 Å². The molecule has 1 aromatic rings. The molecule has 0 aliphatic heterocycles. The van der Waals surface area contributed by atoms with Crippen molar-refractivity contribution in [3.05, 3.63) is 11.8 Å². The average Bonchev–Trinajstić information content (AvgIpc) is 2.79. The van der Waals surface area contributed by atoms with Gasteiger partial charge >= 0.3 is 0 Å². The first-order valence-corrected chi connectivity index (χ1v) is 6.84. The first-order chi connectivity index (χ1) is 8.31. The smallest absolute Gasteiger partial charge is 0.219 e. The van der Waals surface area contributed by atoms with Crippen molar-refractivity contribution < 1.29 is 4.42 Å². The van der Waals surface area contributed by atoms with Gasteiger partial charge in [0.1, 0.15) is 0 Å². The average molecular weight is 239 g/mol. The van der Waals surface area contributed by atoms with Gasteiger partial charge in [0.05, 0.1) is 0 Å². The van der Waals surface area contributed by atoms with E-state index in [1.54, 1.807) is 0 Å². The Labute approximate surface area is 104 Å². The van der Waals surface area contributed by atoms with E-state index in [0.29, 0.717) is 5.92 Å². The van der Waals surface area contributed by atoms with Gasteiger partial charge in [-0.1, -0.05) is 20.8 Å². The van der Waals surface area contributed by atoms with Crippen molar-refractivity contribution in [3.8, 4) is 0 Å². The molecule has 1 N–H and O–H groups in total. The minimum absolute atomic E-state index is 0.425. The third-order valence-corrected chi connectivity index (χ3v) is 2.99. The molecule has 98 valence electrons. The first-order valence-electron chi connectivity index (χ1n) is 6.84. The molecule has 0 radical (unpaired) electrons. The van der Waals surface area contributed by atoms with Crippen molar-refractivity contribution in [2.24, 2.45) is 0 Å². The van der Waals surface area contributed by atoms with E-state index in [0.717, 1.165) is 50.6 Å². The zero-order valence-electron chi connectivity index (χ0n) is 11.3. The maximum Gasteiger partial charge on any atom is 0.219 e. The Balaban J connectivity index is 2.30. The molecule has 1 heterocycles. The van der Waals surface area contributed by atoms with Gasteiger partial charge in [0.25, 0.3) is 0 Å². The first kappa shape index (κ1) is 14.2. The van der Waals surface area contributed by atoms with Crippen LogP contribution in [-0.2, 0) is 6.42 Å². The number of aromatic nitrogens is 2. The summed E-state index contributed by atoms with van der Waals surface area (Å²) >= 11 is 0. The summed E-state index contributed by atoms with van der Waals surface area (Å²) in [6.45, 7) is 8.60. The lowest BCUT2D eigenvalue weighted by Crippen LogP contribution is -2.16. The van der Waals surface area contributed by atoms with E-state index >= 15 is 0 Å². The molecule has 0 spiro atoms. The molecule has 0 atom stereocenters. The Hall–Kier alpha value is -0.900. The van der Waals surface area contributed by atoms with Gasteiger partial charge < -0.3 is 9.73 Å². The van der Waals surface area contributed by atoms with Crippen molar-refractivity contribution in [1.82, 2.24) is 15.5 Å². The topological polar surface area (TPSA) is 51.0 Å².